The quantitative estimate of drug-likeness (QED) is 0.699. The second-order valence-corrected chi connectivity index (χ2v) is 3.21. The summed E-state index contributed by atoms with van der Waals surface area (Å²) < 4.78 is 0. The molecular weight excluding hydrogens is 158 g/mol. The van der Waals surface area contributed by atoms with E-state index in [1.54, 1.807) is 0 Å². The Morgan fingerprint density at radius 2 is 2.00 bits per heavy atom. The minimum absolute atomic E-state index is 0.199. The van der Waals surface area contributed by atoms with Gasteiger partial charge in [0.05, 0.1) is 0 Å². The van der Waals surface area contributed by atoms with Gasteiger partial charge in [0.25, 0.3) is 0 Å². The second kappa shape index (κ2) is 5.55. The number of aryl methyl sites for hydroxylation is 1. The zero-order valence-electron chi connectivity index (χ0n) is 8.11. The van der Waals surface area contributed by atoms with Crippen LogP contribution in [0.5, 0.6) is 0 Å². The van der Waals surface area contributed by atoms with Crippen molar-refractivity contribution in [3.63, 3.8) is 0 Å². The van der Waals surface area contributed by atoms with Crippen molar-refractivity contribution in [2.24, 2.45) is 5.73 Å². The molecule has 0 amide bonds. The molecule has 0 spiro atoms. The van der Waals surface area contributed by atoms with Crippen molar-refractivity contribution in [3.05, 3.63) is 48.0 Å². The summed E-state index contributed by atoms with van der Waals surface area (Å²) in [6.07, 6.45) is 6.14. The van der Waals surface area contributed by atoms with Gasteiger partial charge in [-0.05, 0) is 25.3 Å². The first kappa shape index (κ1) is 10.0. The number of nitrogens with two attached hydrogens (primary N) is 1. The predicted octanol–water partition coefficient (Wildman–Crippen LogP) is 2.52. The molecular formula is C12H17N. The number of allylic oxidation sites excluding steroid dienone is 1. The standard InChI is InChI=1S/C12H17N/c1-2-6-12(13)10-9-11-7-4-3-5-8-11/h2-8,12H,9-10,13H2,1H3. The van der Waals surface area contributed by atoms with Gasteiger partial charge in [0, 0.05) is 6.04 Å². The fraction of sp³-hybridized carbons (Fsp3) is 0.333. The van der Waals surface area contributed by atoms with Crippen molar-refractivity contribution in [2.45, 2.75) is 25.8 Å². The Bertz CT molecular complexity index is 251. The van der Waals surface area contributed by atoms with Crippen molar-refractivity contribution in [1.82, 2.24) is 0 Å². The molecule has 2 N–H and O–H groups in total. The van der Waals surface area contributed by atoms with E-state index in [2.05, 4.69) is 24.3 Å². The monoisotopic (exact) mass is 175 g/mol. The lowest BCUT2D eigenvalue weighted by Gasteiger charge is -2.05. The van der Waals surface area contributed by atoms with Crippen LogP contribution in [0.25, 0.3) is 0 Å². The van der Waals surface area contributed by atoms with E-state index >= 15 is 0 Å². The average Bonchev–Trinajstić information content (AvgIpc) is 2.17. The lowest BCUT2D eigenvalue weighted by atomic mass is 10.1. The normalized spacial score (nSPS) is 13.4. The Labute approximate surface area is 80.3 Å². The van der Waals surface area contributed by atoms with E-state index < -0.39 is 0 Å². The molecule has 0 fully saturated rings. The topological polar surface area (TPSA) is 26.0 Å². The summed E-state index contributed by atoms with van der Waals surface area (Å²) >= 11 is 0. The SMILES string of the molecule is CC=CC(N)CCc1ccccc1. The molecule has 0 aliphatic rings. The van der Waals surface area contributed by atoms with Crippen molar-refractivity contribution < 1.29 is 0 Å². The molecule has 1 aromatic carbocycles. The summed E-state index contributed by atoms with van der Waals surface area (Å²) in [6, 6.07) is 10.7. The molecule has 1 atom stereocenters. The molecule has 1 aromatic rings. The molecule has 0 bridgehead atoms. The van der Waals surface area contributed by atoms with E-state index in [-0.39, 0.29) is 6.04 Å². The van der Waals surface area contributed by atoms with Crippen LogP contribution in [0.2, 0.25) is 0 Å². The van der Waals surface area contributed by atoms with Crippen molar-refractivity contribution >= 4 is 0 Å². The van der Waals surface area contributed by atoms with Gasteiger partial charge in [-0.25, -0.2) is 0 Å². The average molecular weight is 175 g/mol. The number of rotatable bonds is 4. The third-order valence-electron chi connectivity index (χ3n) is 2.05. The lowest BCUT2D eigenvalue weighted by molar-refractivity contribution is 0.720. The maximum absolute atomic E-state index is 5.85. The largest absolute Gasteiger partial charge is 0.324 e. The third kappa shape index (κ3) is 3.90. The van der Waals surface area contributed by atoms with Crippen LogP contribution in [0, 0.1) is 0 Å². The summed E-state index contributed by atoms with van der Waals surface area (Å²) in [6.45, 7) is 2.00. The van der Waals surface area contributed by atoms with Gasteiger partial charge in [0.1, 0.15) is 0 Å². The van der Waals surface area contributed by atoms with Gasteiger partial charge in [-0.1, -0.05) is 42.5 Å². The second-order valence-electron chi connectivity index (χ2n) is 3.21. The molecule has 0 heterocycles. The van der Waals surface area contributed by atoms with E-state index in [0.29, 0.717) is 0 Å². The van der Waals surface area contributed by atoms with Gasteiger partial charge >= 0.3 is 0 Å². The zero-order valence-corrected chi connectivity index (χ0v) is 8.11. The highest BCUT2D eigenvalue weighted by atomic mass is 14.6. The van der Waals surface area contributed by atoms with Crippen LogP contribution in [-0.4, -0.2) is 6.04 Å². The first-order valence-corrected chi connectivity index (χ1v) is 4.75. The predicted molar refractivity (Wildman–Crippen MR) is 57.6 cm³/mol. The van der Waals surface area contributed by atoms with E-state index in [0.717, 1.165) is 12.8 Å². The minimum Gasteiger partial charge on any atom is -0.324 e. The molecule has 70 valence electrons. The Hall–Kier alpha value is -1.08. The minimum atomic E-state index is 0.199. The molecule has 0 aliphatic heterocycles. The smallest absolute Gasteiger partial charge is 0.0226 e. The number of hydrogen-bond acceptors (Lipinski definition) is 1. The van der Waals surface area contributed by atoms with Gasteiger partial charge in [-0.15, -0.1) is 0 Å². The van der Waals surface area contributed by atoms with Crippen LogP contribution in [0.1, 0.15) is 18.9 Å². The molecule has 0 aromatic heterocycles. The highest BCUT2D eigenvalue weighted by molar-refractivity contribution is 5.15. The molecule has 1 heteroatoms. The summed E-state index contributed by atoms with van der Waals surface area (Å²) in [5.74, 6) is 0. The van der Waals surface area contributed by atoms with Crippen molar-refractivity contribution in [1.29, 1.82) is 0 Å². The molecule has 1 nitrogen and oxygen atoms in total. The Balaban J connectivity index is 2.35. The highest BCUT2D eigenvalue weighted by Gasteiger charge is 1.97. The van der Waals surface area contributed by atoms with Gasteiger partial charge in [-0.3, -0.25) is 0 Å². The zero-order chi connectivity index (χ0) is 9.52. The molecule has 0 aliphatic carbocycles. The van der Waals surface area contributed by atoms with Gasteiger partial charge in [-0.2, -0.15) is 0 Å². The molecule has 0 radical (unpaired) electrons. The Morgan fingerprint density at radius 3 is 2.62 bits per heavy atom. The van der Waals surface area contributed by atoms with E-state index in [4.69, 9.17) is 5.73 Å². The van der Waals surface area contributed by atoms with Gasteiger partial charge < -0.3 is 5.73 Å². The summed E-state index contributed by atoms with van der Waals surface area (Å²) in [5, 5.41) is 0. The van der Waals surface area contributed by atoms with Gasteiger partial charge in [0.15, 0.2) is 0 Å². The van der Waals surface area contributed by atoms with Crippen LogP contribution in [0.15, 0.2) is 42.5 Å². The van der Waals surface area contributed by atoms with Crippen LogP contribution >= 0.6 is 0 Å². The maximum atomic E-state index is 5.85. The van der Waals surface area contributed by atoms with Crippen LogP contribution in [-0.2, 0) is 6.42 Å². The fourth-order valence-corrected chi connectivity index (χ4v) is 1.32. The molecule has 1 rings (SSSR count). The highest BCUT2D eigenvalue weighted by Crippen LogP contribution is 2.04. The van der Waals surface area contributed by atoms with Crippen LogP contribution < -0.4 is 5.73 Å². The van der Waals surface area contributed by atoms with Crippen molar-refractivity contribution in [2.75, 3.05) is 0 Å². The van der Waals surface area contributed by atoms with Crippen LogP contribution in [0.4, 0.5) is 0 Å². The first-order valence-electron chi connectivity index (χ1n) is 4.75. The summed E-state index contributed by atoms with van der Waals surface area (Å²) in [5.41, 5.74) is 7.21. The van der Waals surface area contributed by atoms with Gasteiger partial charge in [0.2, 0.25) is 0 Å². The number of benzene rings is 1. The van der Waals surface area contributed by atoms with Crippen molar-refractivity contribution in [3.8, 4) is 0 Å². The maximum Gasteiger partial charge on any atom is 0.0226 e. The van der Waals surface area contributed by atoms with E-state index in [1.165, 1.54) is 5.56 Å². The molecule has 0 saturated heterocycles. The van der Waals surface area contributed by atoms with E-state index in [9.17, 15) is 0 Å². The third-order valence-corrected chi connectivity index (χ3v) is 2.05. The Morgan fingerprint density at radius 1 is 1.31 bits per heavy atom. The first-order chi connectivity index (χ1) is 6.33. The number of hydrogen-bond donors (Lipinski definition) is 1. The summed E-state index contributed by atoms with van der Waals surface area (Å²) in [7, 11) is 0. The Kier molecular flexibility index (Phi) is 4.27. The molecule has 1 unspecified atom stereocenters. The lowest BCUT2D eigenvalue weighted by Crippen LogP contribution is -2.17. The van der Waals surface area contributed by atoms with Crippen LogP contribution in [0.3, 0.4) is 0 Å². The summed E-state index contributed by atoms with van der Waals surface area (Å²) in [4.78, 5) is 0. The fourth-order valence-electron chi connectivity index (χ4n) is 1.32. The van der Waals surface area contributed by atoms with E-state index in [1.807, 2.05) is 25.1 Å². The molecule has 13 heavy (non-hydrogen) atoms. The molecule has 0 saturated carbocycles.